The smallest absolute Gasteiger partial charge is 0.335 e. The number of carboxylic acid groups (broad SMARTS) is 1. The summed E-state index contributed by atoms with van der Waals surface area (Å²) in [6.45, 7) is 0.629. The summed E-state index contributed by atoms with van der Waals surface area (Å²) < 4.78 is 43.1. The Balaban J connectivity index is 1.24. The molecule has 1 aliphatic heterocycles. The van der Waals surface area contributed by atoms with Crippen molar-refractivity contribution in [2.45, 2.75) is 31.5 Å². The lowest BCUT2D eigenvalue weighted by Gasteiger charge is -2.31. The summed E-state index contributed by atoms with van der Waals surface area (Å²) in [5, 5.41) is 13.3. The lowest BCUT2D eigenvalue weighted by Crippen LogP contribution is -2.41. The van der Waals surface area contributed by atoms with Crippen LogP contribution in [0.3, 0.4) is 0 Å². The Labute approximate surface area is 219 Å². The molecule has 2 N–H and O–H groups in total. The first-order valence-corrected chi connectivity index (χ1v) is 12.2. The Kier molecular flexibility index (Phi) is 5.52. The molecule has 3 heterocycles. The molecule has 1 aliphatic carbocycles. The third-order valence-corrected chi connectivity index (χ3v) is 7.72. The van der Waals surface area contributed by atoms with Gasteiger partial charge >= 0.3 is 5.97 Å². The van der Waals surface area contributed by atoms with Crippen LogP contribution in [0.25, 0.3) is 10.9 Å². The number of rotatable bonds is 5. The number of aromatic amines is 1. The van der Waals surface area contributed by atoms with Crippen molar-refractivity contribution in [3.05, 3.63) is 88.1 Å². The minimum Gasteiger partial charge on any atom is -0.478 e. The number of nitrogens with zero attached hydrogens (tertiary/aromatic N) is 4. The van der Waals surface area contributed by atoms with Gasteiger partial charge in [0.25, 0.3) is 11.8 Å². The van der Waals surface area contributed by atoms with Gasteiger partial charge in [-0.15, -0.1) is 0 Å². The Morgan fingerprint density at radius 3 is 2.44 bits per heavy atom. The number of aromatic nitrogens is 3. The average Bonchev–Trinajstić information content (AvgIpc) is 3.47. The second-order valence-corrected chi connectivity index (χ2v) is 9.86. The summed E-state index contributed by atoms with van der Waals surface area (Å²) >= 11 is 0. The van der Waals surface area contributed by atoms with Gasteiger partial charge in [0.15, 0.2) is 17.5 Å². The fourth-order valence-corrected chi connectivity index (χ4v) is 5.30. The number of halogens is 3. The molecular formula is C27H22F3N5O4. The van der Waals surface area contributed by atoms with Crippen LogP contribution in [0, 0.1) is 17.5 Å². The summed E-state index contributed by atoms with van der Waals surface area (Å²) in [6.07, 6.45) is 2.90. The van der Waals surface area contributed by atoms with E-state index in [2.05, 4.69) is 10.1 Å². The fraction of sp³-hybridized carbons (Fsp3) is 0.259. The molecule has 2 aliphatic rings. The molecule has 0 bridgehead atoms. The lowest BCUT2D eigenvalue weighted by atomic mass is 10.0. The van der Waals surface area contributed by atoms with Crippen LogP contribution in [0.2, 0.25) is 0 Å². The van der Waals surface area contributed by atoms with Gasteiger partial charge < -0.3 is 19.9 Å². The SMILES string of the molecule is CN(C(=O)c1cnn2c1CN(C(=O)c1cc3c(F)c(F)c(F)cc3[nH]1)CC2)C1(c2ccc(C(=O)O)cc2)CC1. The van der Waals surface area contributed by atoms with E-state index in [-0.39, 0.29) is 41.2 Å². The topological polar surface area (TPSA) is 112 Å². The van der Waals surface area contributed by atoms with Crippen molar-refractivity contribution >= 4 is 28.7 Å². The van der Waals surface area contributed by atoms with Gasteiger partial charge in [0, 0.05) is 25.0 Å². The quantitative estimate of drug-likeness (QED) is 0.375. The van der Waals surface area contributed by atoms with Crippen molar-refractivity contribution in [3.8, 4) is 0 Å². The minimum absolute atomic E-state index is 0.0337. The molecular weight excluding hydrogens is 515 g/mol. The maximum atomic E-state index is 14.2. The molecule has 2 aromatic heterocycles. The van der Waals surface area contributed by atoms with E-state index in [1.807, 2.05) is 0 Å². The fourth-order valence-electron chi connectivity index (χ4n) is 5.30. The van der Waals surface area contributed by atoms with Gasteiger partial charge in [-0.3, -0.25) is 14.3 Å². The third-order valence-electron chi connectivity index (χ3n) is 7.72. The highest BCUT2D eigenvalue weighted by atomic mass is 19.2. The van der Waals surface area contributed by atoms with Crippen molar-refractivity contribution in [2.75, 3.05) is 13.6 Å². The monoisotopic (exact) mass is 537 g/mol. The van der Waals surface area contributed by atoms with Crippen LogP contribution in [-0.4, -0.2) is 61.0 Å². The molecule has 2 amide bonds. The molecule has 9 nitrogen and oxygen atoms in total. The minimum atomic E-state index is -1.61. The second-order valence-electron chi connectivity index (χ2n) is 9.86. The first-order valence-electron chi connectivity index (χ1n) is 12.2. The zero-order valence-corrected chi connectivity index (χ0v) is 20.7. The van der Waals surface area contributed by atoms with Crippen LogP contribution in [0.5, 0.6) is 0 Å². The number of nitrogens with one attached hydrogen (secondary N) is 1. The Morgan fingerprint density at radius 1 is 1.05 bits per heavy atom. The molecule has 4 aromatic rings. The number of carbonyl (C=O) groups is 3. The van der Waals surface area contributed by atoms with Gasteiger partial charge in [0.2, 0.25) is 0 Å². The van der Waals surface area contributed by atoms with Crippen molar-refractivity contribution in [3.63, 3.8) is 0 Å². The highest BCUT2D eigenvalue weighted by Gasteiger charge is 2.50. The van der Waals surface area contributed by atoms with Crippen LogP contribution < -0.4 is 0 Å². The Hall–Kier alpha value is -4.61. The summed E-state index contributed by atoms with van der Waals surface area (Å²) in [4.78, 5) is 43.8. The molecule has 0 unspecified atom stereocenters. The molecule has 1 saturated carbocycles. The van der Waals surface area contributed by atoms with E-state index < -0.39 is 34.9 Å². The van der Waals surface area contributed by atoms with E-state index >= 15 is 0 Å². The number of hydrogen-bond donors (Lipinski definition) is 2. The highest BCUT2D eigenvalue weighted by Crippen LogP contribution is 2.51. The molecule has 6 rings (SSSR count). The summed E-state index contributed by atoms with van der Waals surface area (Å²) in [7, 11) is 1.69. The standard InChI is InChI=1S/C27H22F3N5O4/c1-33(27(6-7-27)15-4-2-14(3-5-15)26(38)39)24(36)17-12-31-35-9-8-34(13-21(17)35)25(37)20-10-16-19(32-20)11-18(28)23(30)22(16)29/h2-5,10-12,32H,6-9,13H2,1H3,(H,38,39). The predicted molar refractivity (Wildman–Crippen MR) is 132 cm³/mol. The number of hydrogen-bond acceptors (Lipinski definition) is 4. The van der Waals surface area contributed by atoms with Crippen molar-refractivity contribution in [1.82, 2.24) is 24.6 Å². The molecule has 0 spiro atoms. The first-order chi connectivity index (χ1) is 18.6. The molecule has 200 valence electrons. The maximum absolute atomic E-state index is 14.2. The summed E-state index contributed by atoms with van der Waals surface area (Å²) in [5.41, 5.74) is 1.21. The van der Waals surface area contributed by atoms with Gasteiger partial charge in [-0.2, -0.15) is 5.10 Å². The predicted octanol–water partition coefficient (Wildman–Crippen LogP) is 3.90. The van der Waals surface area contributed by atoms with Gasteiger partial charge in [0.05, 0.1) is 47.2 Å². The van der Waals surface area contributed by atoms with Crippen LogP contribution in [0.15, 0.2) is 42.6 Å². The zero-order chi connectivity index (χ0) is 27.6. The van der Waals surface area contributed by atoms with E-state index in [9.17, 15) is 32.7 Å². The van der Waals surface area contributed by atoms with Crippen LogP contribution >= 0.6 is 0 Å². The molecule has 1 fully saturated rings. The van der Waals surface area contributed by atoms with Crippen LogP contribution in [0.1, 0.15) is 55.3 Å². The molecule has 0 atom stereocenters. The van der Waals surface area contributed by atoms with Crippen molar-refractivity contribution < 1.29 is 32.7 Å². The zero-order valence-electron chi connectivity index (χ0n) is 20.7. The maximum Gasteiger partial charge on any atom is 0.335 e. The van der Waals surface area contributed by atoms with E-state index in [1.165, 1.54) is 23.2 Å². The number of carboxylic acids is 1. The molecule has 2 aromatic carbocycles. The largest absolute Gasteiger partial charge is 0.478 e. The van der Waals surface area contributed by atoms with E-state index in [0.29, 0.717) is 30.6 Å². The van der Waals surface area contributed by atoms with Gasteiger partial charge in [0.1, 0.15) is 5.69 Å². The van der Waals surface area contributed by atoms with Crippen molar-refractivity contribution in [2.24, 2.45) is 0 Å². The molecule has 0 radical (unpaired) electrons. The summed E-state index contributed by atoms with van der Waals surface area (Å²) in [6, 6.07) is 8.41. The summed E-state index contributed by atoms with van der Waals surface area (Å²) in [5.74, 6) is -6.17. The van der Waals surface area contributed by atoms with E-state index in [4.69, 9.17) is 0 Å². The number of benzene rings is 2. The van der Waals surface area contributed by atoms with Gasteiger partial charge in [-0.25, -0.2) is 18.0 Å². The van der Waals surface area contributed by atoms with Gasteiger partial charge in [-0.1, -0.05) is 12.1 Å². The average molecular weight is 537 g/mol. The molecule has 39 heavy (non-hydrogen) atoms. The number of amides is 2. The highest BCUT2D eigenvalue weighted by molar-refractivity contribution is 5.99. The normalized spacial score (nSPS) is 15.7. The second kappa shape index (κ2) is 8.72. The first kappa shape index (κ1) is 24.7. The number of aromatic carboxylic acids is 1. The van der Waals surface area contributed by atoms with E-state index in [1.54, 1.807) is 28.8 Å². The Bertz CT molecular complexity index is 1670. The van der Waals surface area contributed by atoms with Crippen LogP contribution in [-0.2, 0) is 18.6 Å². The number of fused-ring (bicyclic) bond motifs is 2. The third kappa shape index (κ3) is 3.85. The molecule has 0 saturated heterocycles. The Morgan fingerprint density at radius 2 is 1.77 bits per heavy atom. The van der Waals surface area contributed by atoms with Crippen molar-refractivity contribution in [1.29, 1.82) is 0 Å². The number of carbonyl (C=O) groups excluding carboxylic acids is 2. The number of H-pyrrole nitrogens is 1. The van der Waals surface area contributed by atoms with E-state index in [0.717, 1.165) is 17.7 Å². The van der Waals surface area contributed by atoms with Crippen LogP contribution in [0.4, 0.5) is 13.2 Å². The van der Waals surface area contributed by atoms with Gasteiger partial charge in [-0.05, 0) is 36.6 Å². The lowest BCUT2D eigenvalue weighted by molar-refractivity contribution is 0.0669. The molecule has 12 heteroatoms.